The number of nitrogens with one attached hydrogen (secondary N) is 1. The number of rotatable bonds is 7. The van der Waals surface area contributed by atoms with Gasteiger partial charge in [-0.2, -0.15) is 5.10 Å². The molecule has 2 aromatic carbocycles. The van der Waals surface area contributed by atoms with Crippen LogP contribution in [-0.2, 0) is 17.8 Å². The minimum Gasteiger partial charge on any atom is -0.492 e. The van der Waals surface area contributed by atoms with Gasteiger partial charge < -0.3 is 10.1 Å². The molecule has 0 bridgehead atoms. The van der Waals surface area contributed by atoms with Crippen molar-refractivity contribution in [1.82, 2.24) is 9.78 Å². The molecule has 1 N–H and O–H groups in total. The standard InChI is InChI=1S/C19H17ClFN3O2/c20-17-6-2-7-18(21)16(17)13-19(25)23-14-4-1-5-15(12-14)26-11-10-24-9-3-8-22-24/h1-9,12H,10-11,13H2,(H,23,25). The predicted octanol–water partition coefficient (Wildman–Crippen LogP) is 3.94. The average molecular weight is 374 g/mol. The minimum atomic E-state index is -0.497. The third-order valence-electron chi connectivity index (χ3n) is 3.67. The zero-order valence-electron chi connectivity index (χ0n) is 13.9. The lowest BCUT2D eigenvalue weighted by Gasteiger charge is -2.10. The van der Waals surface area contributed by atoms with Crippen LogP contribution in [-0.4, -0.2) is 22.3 Å². The van der Waals surface area contributed by atoms with E-state index >= 15 is 0 Å². The van der Waals surface area contributed by atoms with Crippen LogP contribution >= 0.6 is 11.6 Å². The fourth-order valence-electron chi connectivity index (χ4n) is 2.42. The smallest absolute Gasteiger partial charge is 0.228 e. The number of hydrogen-bond acceptors (Lipinski definition) is 3. The molecule has 0 spiro atoms. The number of carbonyl (C=O) groups excluding carboxylic acids is 1. The van der Waals surface area contributed by atoms with Gasteiger partial charge in [0.25, 0.3) is 0 Å². The maximum absolute atomic E-state index is 13.8. The van der Waals surface area contributed by atoms with E-state index in [0.717, 1.165) is 0 Å². The first-order valence-corrected chi connectivity index (χ1v) is 8.42. The third-order valence-corrected chi connectivity index (χ3v) is 4.02. The Labute approximate surface area is 155 Å². The van der Waals surface area contributed by atoms with Crippen LogP contribution in [0.15, 0.2) is 60.9 Å². The van der Waals surface area contributed by atoms with Crippen molar-refractivity contribution in [3.63, 3.8) is 0 Å². The second-order valence-electron chi connectivity index (χ2n) is 5.57. The second-order valence-corrected chi connectivity index (χ2v) is 5.98. The van der Waals surface area contributed by atoms with E-state index in [1.807, 2.05) is 12.3 Å². The number of benzene rings is 2. The van der Waals surface area contributed by atoms with E-state index in [9.17, 15) is 9.18 Å². The molecule has 134 valence electrons. The van der Waals surface area contributed by atoms with E-state index in [1.54, 1.807) is 41.2 Å². The highest BCUT2D eigenvalue weighted by Gasteiger charge is 2.12. The molecule has 0 atom stereocenters. The van der Waals surface area contributed by atoms with E-state index in [2.05, 4.69) is 10.4 Å². The van der Waals surface area contributed by atoms with Gasteiger partial charge in [-0.15, -0.1) is 0 Å². The summed E-state index contributed by atoms with van der Waals surface area (Å²) in [5.74, 6) is -0.229. The van der Waals surface area contributed by atoms with Gasteiger partial charge in [0.1, 0.15) is 18.2 Å². The van der Waals surface area contributed by atoms with Crippen molar-refractivity contribution >= 4 is 23.2 Å². The van der Waals surface area contributed by atoms with E-state index in [0.29, 0.717) is 24.6 Å². The molecular weight excluding hydrogens is 357 g/mol. The maximum atomic E-state index is 13.8. The SMILES string of the molecule is O=C(Cc1c(F)cccc1Cl)Nc1cccc(OCCn2cccn2)c1. The maximum Gasteiger partial charge on any atom is 0.228 e. The summed E-state index contributed by atoms with van der Waals surface area (Å²) in [6.07, 6.45) is 3.42. The molecule has 0 aliphatic heterocycles. The Morgan fingerprint density at radius 3 is 2.85 bits per heavy atom. The Bertz CT molecular complexity index is 864. The topological polar surface area (TPSA) is 56.1 Å². The zero-order chi connectivity index (χ0) is 18.4. The van der Waals surface area contributed by atoms with Gasteiger partial charge in [-0.25, -0.2) is 4.39 Å². The predicted molar refractivity (Wildman–Crippen MR) is 97.9 cm³/mol. The molecule has 26 heavy (non-hydrogen) atoms. The van der Waals surface area contributed by atoms with Crippen molar-refractivity contribution in [3.05, 3.63) is 77.3 Å². The van der Waals surface area contributed by atoms with Gasteiger partial charge in [0.05, 0.1) is 13.0 Å². The van der Waals surface area contributed by atoms with Gasteiger partial charge >= 0.3 is 0 Å². The van der Waals surface area contributed by atoms with Crippen LogP contribution in [0.2, 0.25) is 5.02 Å². The summed E-state index contributed by atoms with van der Waals surface area (Å²) in [5.41, 5.74) is 0.748. The van der Waals surface area contributed by atoms with Gasteiger partial charge in [0.2, 0.25) is 5.91 Å². The molecule has 1 aromatic heterocycles. The summed E-state index contributed by atoms with van der Waals surface area (Å²) in [6, 6.07) is 13.2. The Hall–Kier alpha value is -2.86. The first-order chi connectivity index (χ1) is 12.6. The second kappa shape index (κ2) is 8.49. The Kier molecular flexibility index (Phi) is 5.86. The van der Waals surface area contributed by atoms with Crippen molar-refractivity contribution in [2.24, 2.45) is 0 Å². The number of carbonyl (C=O) groups is 1. The highest BCUT2D eigenvalue weighted by Crippen LogP contribution is 2.21. The van der Waals surface area contributed by atoms with Crippen molar-refractivity contribution < 1.29 is 13.9 Å². The Morgan fingerprint density at radius 2 is 2.08 bits per heavy atom. The molecule has 0 unspecified atom stereocenters. The highest BCUT2D eigenvalue weighted by atomic mass is 35.5. The molecule has 3 aromatic rings. The van der Waals surface area contributed by atoms with E-state index in [1.165, 1.54) is 12.1 Å². The van der Waals surface area contributed by atoms with Crippen LogP contribution in [0.25, 0.3) is 0 Å². The fraction of sp³-hybridized carbons (Fsp3) is 0.158. The molecule has 3 rings (SSSR count). The normalized spacial score (nSPS) is 10.5. The number of aromatic nitrogens is 2. The molecule has 7 heteroatoms. The van der Waals surface area contributed by atoms with Crippen molar-refractivity contribution in [1.29, 1.82) is 0 Å². The Morgan fingerprint density at radius 1 is 1.23 bits per heavy atom. The van der Waals surface area contributed by atoms with Crippen LogP contribution in [0, 0.1) is 5.82 Å². The quantitative estimate of drug-likeness (QED) is 0.682. The summed E-state index contributed by atoms with van der Waals surface area (Å²) < 4.78 is 21.2. The van der Waals surface area contributed by atoms with Crippen LogP contribution in [0.3, 0.4) is 0 Å². The largest absolute Gasteiger partial charge is 0.492 e. The molecule has 5 nitrogen and oxygen atoms in total. The number of amides is 1. The van der Waals surface area contributed by atoms with Crippen LogP contribution in [0.5, 0.6) is 5.75 Å². The number of anilines is 1. The molecule has 0 aliphatic carbocycles. The summed E-state index contributed by atoms with van der Waals surface area (Å²) >= 11 is 5.95. The molecule has 1 amide bonds. The van der Waals surface area contributed by atoms with Crippen LogP contribution < -0.4 is 10.1 Å². The van der Waals surface area contributed by atoms with Crippen molar-refractivity contribution in [2.75, 3.05) is 11.9 Å². The Balaban J connectivity index is 1.56. The third kappa shape index (κ3) is 4.83. The van der Waals surface area contributed by atoms with E-state index in [-0.39, 0.29) is 22.9 Å². The fourth-order valence-corrected chi connectivity index (χ4v) is 2.65. The number of ether oxygens (including phenoxy) is 1. The lowest BCUT2D eigenvalue weighted by Crippen LogP contribution is -2.15. The number of hydrogen-bond donors (Lipinski definition) is 1. The molecule has 0 aliphatic rings. The van der Waals surface area contributed by atoms with Gasteiger partial charge in [-0.05, 0) is 30.3 Å². The number of halogens is 2. The summed E-state index contributed by atoms with van der Waals surface area (Å²) in [5, 5.41) is 7.06. The first kappa shape index (κ1) is 17.9. The van der Waals surface area contributed by atoms with Crippen LogP contribution in [0.4, 0.5) is 10.1 Å². The van der Waals surface area contributed by atoms with E-state index < -0.39 is 5.82 Å². The minimum absolute atomic E-state index is 0.143. The molecule has 0 saturated carbocycles. The molecule has 0 radical (unpaired) electrons. The lowest BCUT2D eigenvalue weighted by molar-refractivity contribution is -0.115. The molecule has 0 saturated heterocycles. The summed E-state index contributed by atoms with van der Waals surface area (Å²) in [6.45, 7) is 1.07. The lowest BCUT2D eigenvalue weighted by atomic mass is 10.1. The zero-order valence-corrected chi connectivity index (χ0v) is 14.6. The van der Waals surface area contributed by atoms with Gasteiger partial charge in [0.15, 0.2) is 0 Å². The van der Waals surface area contributed by atoms with Gasteiger partial charge in [-0.3, -0.25) is 9.48 Å². The monoisotopic (exact) mass is 373 g/mol. The van der Waals surface area contributed by atoms with Gasteiger partial charge in [0, 0.05) is 34.7 Å². The van der Waals surface area contributed by atoms with E-state index in [4.69, 9.17) is 16.3 Å². The first-order valence-electron chi connectivity index (χ1n) is 8.05. The number of nitrogens with zero attached hydrogens (tertiary/aromatic N) is 2. The molecular formula is C19H17ClFN3O2. The average Bonchev–Trinajstić information content (AvgIpc) is 3.12. The van der Waals surface area contributed by atoms with Crippen LogP contribution in [0.1, 0.15) is 5.56 Å². The highest BCUT2D eigenvalue weighted by molar-refractivity contribution is 6.31. The molecule has 0 fully saturated rings. The molecule has 1 heterocycles. The van der Waals surface area contributed by atoms with Gasteiger partial charge in [-0.1, -0.05) is 23.7 Å². The summed E-state index contributed by atoms with van der Waals surface area (Å²) in [4.78, 5) is 12.2. The van der Waals surface area contributed by atoms with Crippen molar-refractivity contribution in [3.8, 4) is 5.75 Å². The summed E-state index contributed by atoms with van der Waals surface area (Å²) in [7, 11) is 0. The van der Waals surface area contributed by atoms with Crippen molar-refractivity contribution in [2.45, 2.75) is 13.0 Å².